The zero-order valence-electron chi connectivity index (χ0n) is 20.3. The van der Waals surface area contributed by atoms with Gasteiger partial charge in [0.1, 0.15) is 35.8 Å². The summed E-state index contributed by atoms with van der Waals surface area (Å²) in [4.78, 5) is 34.2. The molecule has 3 aliphatic heterocycles. The molecule has 6 rings (SSSR count). The topological polar surface area (TPSA) is 151 Å². The quantitative estimate of drug-likeness (QED) is 0.445. The molecule has 0 spiro atoms. The van der Waals surface area contributed by atoms with Crippen molar-refractivity contribution < 1.29 is 37.8 Å². The van der Waals surface area contributed by atoms with Crippen molar-refractivity contribution in [3.63, 3.8) is 0 Å². The number of imidazole rings is 1. The molecule has 0 bridgehead atoms. The highest BCUT2D eigenvalue weighted by Gasteiger charge is 2.56. The van der Waals surface area contributed by atoms with Gasteiger partial charge >= 0.3 is 7.82 Å². The second kappa shape index (κ2) is 9.37. The van der Waals surface area contributed by atoms with Crippen molar-refractivity contribution in [2.75, 3.05) is 37.8 Å². The van der Waals surface area contributed by atoms with E-state index >= 15 is 0 Å². The van der Waals surface area contributed by atoms with Crippen molar-refractivity contribution in [1.82, 2.24) is 19.5 Å². The number of morpholine rings is 1. The van der Waals surface area contributed by atoms with Crippen LogP contribution in [0.15, 0.2) is 36.9 Å². The molecule has 0 saturated carbocycles. The van der Waals surface area contributed by atoms with E-state index in [1.54, 1.807) is 24.7 Å². The molecule has 5 heterocycles. The highest BCUT2D eigenvalue weighted by atomic mass is 31.2. The Bertz CT molecular complexity index is 1340. The van der Waals surface area contributed by atoms with Crippen LogP contribution in [-0.2, 0) is 28.0 Å². The first-order chi connectivity index (χ1) is 17.7. The number of anilines is 1. The number of benzene rings is 1. The number of phosphoric acid groups is 1. The number of ether oxygens (including phenoxy) is 4. The predicted molar refractivity (Wildman–Crippen MR) is 130 cm³/mol. The Morgan fingerprint density at radius 1 is 1.14 bits per heavy atom. The average molecular weight is 533 g/mol. The van der Waals surface area contributed by atoms with Crippen LogP contribution < -0.4 is 4.90 Å². The molecule has 2 N–H and O–H groups in total. The number of nitrogens with zero attached hydrogens (tertiary/aromatic N) is 5. The minimum absolute atomic E-state index is 0.359. The molecular formula is C23H28N5O8P. The molecule has 14 heteroatoms. The average Bonchev–Trinajstić information content (AvgIpc) is 3.53. The Labute approximate surface area is 212 Å². The van der Waals surface area contributed by atoms with Crippen molar-refractivity contribution in [2.24, 2.45) is 0 Å². The fraction of sp³-hybridized carbons (Fsp3) is 0.522. The fourth-order valence-electron chi connectivity index (χ4n) is 5.11. The van der Waals surface area contributed by atoms with Crippen molar-refractivity contribution in [3.05, 3.63) is 36.9 Å². The molecule has 3 aromatic rings. The maximum absolute atomic E-state index is 11.3. The van der Waals surface area contributed by atoms with E-state index < -0.39 is 38.1 Å². The van der Waals surface area contributed by atoms with Crippen LogP contribution in [0.1, 0.15) is 20.1 Å². The van der Waals surface area contributed by atoms with Gasteiger partial charge in [-0.3, -0.25) is 9.09 Å². The van der Waals surface area contributed by atoms with Crippen LogP contribution in [-0.4, -0.2) is 86.3 Å². The third-order valence-electron chi connectivity index (χ3n) is 6.66. The number of hydrogen-bond donors (Lipinski definition) is 2. The number of hydrogen-bond acceptors (Lipinski definition) is 10. The van der Waals surface area contributed by atoms with Crippen LogP contribution in [0.5, 0.6) is 0 Å². The molecule has 0 radical (unpaired) electrons. The summed E-state index contributed by atoms with van der Waals surface area (Å²) in [6.07, 6.45) is 0.444. The lowest BCUT2D eigenvalue weighted by molar-refractivity contribution is -0.199. The SMILES string of the molecule is CC1(C)O[C@@H]2[C@@H](COP(=O)(O)O)OC(n3cnc4c(-c5cccc(N6CCOCC6)c5)ncnc43)[C@@H]2O1. The van der Waals surface area contributed by atoms with Crippen LogP contribution in [0.25, 0.3) is 22.4 Å². The first-order valence-corrected chi connectivity index (χ1v) is 13.5. The Balaban J connectivity index is 1.33. The van der Waals surface area contributed by atoms with Gasteiger partial charge < -0.3 is 33.6 Å². The van der Waals surface area contributed by atoms with Gasteiger partial charge in [-0.1, -0.05) is 12.1 Å². The Hall–Kier alpha value is -2.48. The standard InChI is InChI=1S/C23H28N5O8P/c1-23(2)35-19-16(11-33-37(29,30)31)34-22(20(19)36-23)28-13-26-18-17(24-12-25-21(18)28)14-4-3-5-15(10-14)27-6-8-32-9-7-27/h3-5,10,12-13,16,19-20,22H,6-9,11H2,1-2H3,(H2,29,30,31)/t16-,19-,20-,22?/m1/s1. The van der Waals surface area contributed by atoms with E-state index in [1.165, 1.54) is 6.33 Å². The van der Waals surface area contributed by atoms with Crippen LogP contribution >= 0.6 is 7.82 Å². The molecule has 3 aliphatic rings. The number of phosphoric ester groups is 1. The van der Waals surface area contributed by atoms with Crippen LogP contribution in [0.3, 0.4) is 0 Å². The number of rotatable bonds is 6. The summed E-state index contributed by atoms with van der Waals surface area (Å²) in [6, 6.07) is 8.13. The third kappa shape index (κ3) is 4.89. The van der Waals surface area contributed by atoms with E-state index in [1.807, 2.05) is 12.1 Å². The minimum Gasteiger partial charge on any atom is -0.378 e. The van der Waals surface area contributed by atoms with Gasteiger partial charge in [0.25, 0.3) is 0 Å². The Kier molecular flexibility index (Phi) is 6.29. The Morgan fingerprint density at radius 2 is 1.92 bits per heavy atom. The largest absolute Gasteiger partial charge is 0.469 e. The van der Waals surface area contributed by atoms with Gasteiger partial charge in [-0.2, -0.15) is 0 Å². The van der Waals surface area contributed by atoms with Gasteiger partial charge in [-0.15, -0.1) is 0 Å². The van der Waals surface area contributed by atoms with E-state index in [-0.39, 0.29) is 6.61 Å². The van der Waals surface area contributed by atoms with E-state index in [2.05, 4.69) is 32.0 Å². The van der Waals surface area contributed by atoms with Gasteiger partial charge in [0.05, 0.1) is 26.1 Å². The van der Waals surface area contributed by atoms with Crippen molar-refractivity contribution in [3.8, 4) is 11.3 Å². The molecule has 2 aromatic heterocycles. The summed E-state index contributed by atoms with van der Waals surface area (Å²) in [5.41, 5.74) is 3.80. The monoisotopic (exact) mass is 533 g/mol. The second-order valence-corrected chi connectivity index (χ2v) is 10.9. The molecule has 0 amide bonds. The molecule has 3 saturated heterocycles. The molecule has 198 valence electrons. The summed E-state index contributed by atoms with van der Waals surface area (Å²) < 4.78 is 41.5. The third-order valence-corrected chi connectivity index (χ3v) is 7.15. The summed E-state index contributed by atoms with van der Waals surface area (Å²) in [7, 11) is -4.69. The van der Waals surface area contributed by atoms with Crippen LogP contribution in [0.2, 0.25) is 0 Å². The van der Waals surface area contributed by atoms with E-state index in [0.717, 1.165) is 24.3 Å². The number of aromatic nitrogens is 4. The normalized spacial score (nSPS) is 27.6. The zero-order chi connectivity index (χ0) is 25.8. The van der Waals surface area contributed by atoms with E-state index in [0.29, 0.717) is 30.1 Å². The van der Waals surface area contributed by atoms with Crippen LogP contribution in [0, 0.1) is 0 Å². The molecular weight excluding hydrogens is 505 g/mol. The summed E-state index contributed by atoms with van der Waals surface area (Å²) >= 11 is 0. The highest BCUT2D eigenvalue weighted by Crippen LogP contribution is 2.46. The molecule has 0 aliphatic carbocycles. The second-order valence-electron chi connectivity index (χ2n) is 9.61. The fourth-order valence-corrected chi connectivity index (χ4v) is 5.45. The summed E-state index contributed by atoms with van der Waals surface area (Å²) in [6.45, 7) is 6.22. The first-order valence-electron chi connectivity index (χ1n) is 12.0. The number of fused-ring (bicyclic) bond motifs is 2. The lowest BCUT2D eigenvalue weighted by Gasteiger charge is -2.29. The molecule has 1 aromatic carbocycles. The van der Waals surface area contributed by atoms with Crippen molar-refractivity contribution in [2.45, 2.75) is 44.2 Å². The maximum Gasteiger partial charge on any atom is 0.469 e. The molecule has 4 atom stereocenters. The summed E-state index contributed by atoms with van der Waals surface area (Å²) in [5, 5.41) is 0. The first kappa shape index (κ1) is 24.8. The van der Waals surface area contributed by atoms with Gasteiger partial charge in [-0.25, -0.2) is 19.5 Å². The maximum atomic E-state index is 11.3. The molecule has 3 fully saturated rings. The minimum atomic E-state index is -4.69. The molecule has 37 heavy (non-hydrogen) atoms. The van der Waals surface area contributed by atoms with Gasteiger partial charge in [-0.05, 0) is 26.0 Å². The van der Waals surface area contributed by atoms with Crippen LogP contribution in [0.4, 0.5) is 5.69 Å². The molecule has 13 nitrogen and oxygen atoms in total. The molecule has 1 unspecified atom stereocenters. The lowest BCUT2D eigenvalue weighted by atomic mass is 10.1. The van der Waals surface area contributed by atoms with E-state index in [4.69, 9.17) is 23.5 Å². The van der Waals surface area contributed by atoms with Crippen molar-refractivity contribution >= 4 is 24.7 Å². The smallest absolute Gasteiger partial charge is 0.378 e. The lowest BCUT2D eigenvalue weighted by Crippen LogP contribution is -2.36. The van der Waals surface area contributed by atoms with Crippen molar-refractivity contribution in [1.29, 1.82) is 0 Å². The van der Waals surface area contributed by atoms with Gasteiger partial charge in [0, 0.05) is 24.3 Å². The predicted octanol–water partition coefficient (Wildman–Crippen LogP) is 1.86. The van der Waals surface area contributed by atoms with Gasteiger partial charge in [0.15, 0.2) is 17.7 Å². The van der Waals surface area contributed by atoms with Gasteiger partial charge in [0.2, 0.25) is 0 Å². The summed E-state index contributed by atoms with van der Waals surface area (Å²) in [5.74, 6) is -0.909. The Morgan fingerprint density at radius 3 is 2.70 bits per heavy atom. The van der Waals surface area contributed by atoms with E-state index in [9.17, 15) is 14.4 Å². The zero-order valence-corrected chi connectivity index (χ0v) is 21.2. The highest BCUT2D eigenvalue weighted by molar-refractivity contribution is 7.46.